The molecule has 0 amide bonds. The number of carbonyl (C=O) groups excluding carboxylic acids is 1. The lowest BCUT2D eigenvalue weighted by Gasteiger charge is -2.42. The first-order valence-corrected chi connectivity index (χ1v) is 10.1. The van der Waals surface area contributed by atoms with Crippen LogP contribution in [0.4, 0.5) is 0 Å². The van der Waals surface area contributed by atoms with E-state index in [4.69, 9.17) is 9.47 Å². The topological polar surface area (TPSA) is 35.5 Å². The van der Waals surface area contributed by atoms with Crippen molar-refractivity contribution in [2.24, 2.45) is 47.3 Å². The van der Waals surface area contributed by atoms with Gasteiger partial charge in [0.25, 0.3) is 0 Å². The van der Waals surface area contributed by atoms with Gasteiger partial charge in [0.05, 0.1) is 12.2 Å². The number of ether oxygens (including phenoxy) is 2. The molecule has 0 heterocycles. The molecule has 6 aliphatic carbocycles. The Morgan fingerprint density at radius 1 is 0.692 bits per heavy atom. The maximum atomic E-state index is 12.8. The summed E-state index contributed by atoms with van der Waals surface area (Å²) in [6.07, 6.45) is 5.07. The second-order valence-electron chi connectivity index (χ2n) is 9.38. The number of hydrogen-bond donors (Lipinski definition) is 0. The summed E-state index contributed by atoms with van der Waals surface area (Å²) in [6.45, 7) is 0. The van der Waals surface area contributed by atoms with Gasteiger partial charge in [0.15, 0.2) is 0 Å². The molecule has 3 nitrogen and oxygen atoms in total. The van der Waals surface area contributed by atoms with Crippen molar-refractivity contribution in [1.82, 2.24) is 0 Å². The van der Waals surface area contributed by atoms with Gasteiger partial charge in [-0.3, -0.25) is 4.79 Å². The molecule has 7 rings (SSSR count). The molecule has 0 spiro atoms. The molecule has 12 atom stereocenters. The van der Waals surface area contributed by atoms with Crippen molar-refractivity contribution in [3.8, 4) is 0 Å². The third kappa shape index (κ3) is 1.28. The van der Waals surface area contributed by atoms with E-state index in [0.29, 0.717) is 65.3 Å². The van der Waals surface area contributed by atoms with Crippen LogP contribution < -0.4 is 0 Å². The molecule has 26 heavy (non-hydrogen) atoms. The first-order chi connectivity index (χ1) is 12.8. The molecule has 6 bridgehead atoms. The van der Waals surface area contributed by atoms with Crippen LogP contribution >= 0.6 is 0 Å². The Kier molecular flexibility index (Phi) is 2.53. The summed E-state index contributed by atoms with van der Waals surface area (Å²) in [5, 5.41) is 0. The van der Waals surface area contributed by atoms with E-state index in [1.54, 1.807) is 0 Å². The lowest BCUT2D eigenvalue weighted by atomic mass is 9.60. The molecule has 0 aromatic heterocycles. The maximum absolute atomic E-state index is 12.8. The second kappa shape index (κ2) is 4.51. The molecule has 0 saturated heterocycles. The Balaban J connectivity index is 1.42. The second-order valence-corrected chi connectivity index (χ2v) is 9.38. The van der Waals surface area contributed by atoms with Crippen molar-refractivity contribution in [1.29, 1.82) is 0 Å². The minimum Gasteiger partial charge on any atom is -0.381 e. The van der Waals surface area contributed by atoms with E-state index in [-0.39, 0.29) is 11.8 Å². The van der Waals surface area contributed by atoms with E-state index in [1.165, 1.54) is 11.1 Å². The number of rotatable bonds is 2. The molecule has 0 radical (unpaired) electrons. The highest BCUT2D eigenvalue weighted by Gasteiger charge is 2.77. The minimum atomic E-state index is 0.161. The highest BCUT2D eigenvalue weighted by Crippen LogP contribution is 2.78. The van der Waals surface area contributed by atoms with Crippen LogP contribution in [0, 0.1) is 47.3 Å². The summed E-state index contributed by atoms with van der Waals surface area (Å²) in [4.78, 5) is 12.8. The third-order valence-corrected chi connectivity index (χ3v) is 9.23. The standard InChI is InChI=1S/C23H24O3/c1-25-22-15-9-5-3-4-6-10(9)16(22)18-17(15)19-13-11-7-8-12(21(11)24)14(13)20(18)23(19)26-2/h3-8,11-20,22-23H,1-2H3/t11-,12+,13+,14-,15-,16+,17+,18-,19+,20-,22?,23?. The predicted molar refractivity (Wildman–Crippen MR) is 95.6 cm³/mol. The molecule has 1 aromatic carbocycles. The van der Waals surface area contributed by atoms with Crippen molar-refractivity contribution in [2.75, 3.05) is 14.2 Å². The molecule has 6 aliphatic rings. The van der Waals surface area contributed by atoms with Gasteiger partial charge in [0.1, 0.15) is 5.78 Å². The summed E-state index contributed by atoms with van der Waals surface area (Å²) in [5.41, 5.74) is 3.02. The van der Waals surface area contributed by atoms with Crippen molar-refractivity contribution >= 4 is 5.78 Å². The average Bonchev–Trinajstić information content (AvgIpc) is 3.46. The van der Waals surface area contributed by atoms with E-state index in [2.05, 4.69) is 36.4 Å². The maximum Gasteiger partial charge on any atom is 0.147 e. The van der Waals surface area contributed by atoms with Crippen LogP contribution in [-0.2, 0) is 14.3 Å². The van der Waals surface area contributed by atoms with E-state index >= 15 is 0 Å². The smallest absolute Gasteiger partial charge is 0.147 e. The van der Waals surface area contributed by atoms with E-state index < -0.39 is 0 Å². The molecule has 3 heteroatoms. The van der Waals surface area contributed by atoms with Gasteiger partial charge in [-0.1, -0.05) is 36.4 Å². The SMILES string of the molecule is COC1[C@@H]2[C@H]3[C@@H]([C@H]1[C@@H]1[C@H]2[C@@H]2c4ccccc4[C@H]1C2OC)[C@H]1C=C[C@@H]3C1=O. The first kappa shape index (κ1) is 14.6. The van der Waals surface area contributed by atoms with E-state index in [0.717, 1.165) is 0 Å². The van der Waals surface area contributed by atoms with Gasteiger partial charge in [0.2, 0.25) is 0 Å². The number of hydrogen-bond acceptors (Lipinski definition) is 3. The number of allylic oxidation sites excluding steroid dienone is 2. The number of Topliss-reactive ketones (excluding diaryl/α,β-unsaturated/α-hetero) is 1. The van der Waals surface area contributed by atoms with Gasteiger partial charge in [0, 0.05) is 37.9 Å². The van der Waals surface area contributed by atoms with Gasteiger partial charge in [-0.2, -0.15) is 0 Å². The Hall–Kier alpha value is -1.45. The van der Waals surface area contributed by atoms with Crippen LogP contribution in [0.15, 0.2) is 36.4 Å². The molecule has 4 saturated carbocycles. The van der Waals surface area contributed by atoms with Crippen molar-refractivity contribution in [3.63, 3.8) is 0 Å². The largest absolute Gasteiger partial charge is 0.381 e. The summed E-state index contributed by atoms with van der Waals surface area (Å²) in [7, 11) is 3.79. The minimum absolute atomic E-state index is 0.161. The third-order valence-electron chi connectivity index (χ3n) is 9.23. The molecule has 134 valence electrons. The average molecular weight is 348 g/mol. The van der Waals surface area contributed by atoms with Crippen molar-refractivity contribution in [2.45, 2.75) is 24.0 Å². The van der Waals surface area contributed by atoms with Crippen molar-refractivity contribution in [3.05, 3.63) is 47.5 Å². The molecule has 4 fully saturated rings. The number of methoxy groups -OCH3 is 2. The number of carbonyl (C=O) groups is 1. The van der Waals surface area contributed by atoms with Crippen LogP contribution in [-0.4, -0.2) is 32.2 Å². The predicted octanol–water partition coefficient (Wildman–Crippen LogP) is 3.02. The van der Waals surface area contributed by atoms with Crippen LogP contribution in [0.1, 0.15) is 23.0 Å². The fourth-order valence-electron chi connectivity index (χ4n) is 9.03. The fourth-order valence-corrected chi connectivity index (χ4v) is 9.03. The van der Waals surface area contributed by atoms with Crippen LogP contribution in [0.5, 0.6) is 0 Å². The monoisotopic (exact) mass is 348 g/mol. The van der Waals surface area contributed by atoms with Crippen LogP contribution in [0.3, 0.4) is 0 Å². The number of ketones is 1. The zero-order valence-corrected chi connectivity index (χ0v) is 15.1. The Morgan fingerprint density at radius 3 is 1.65 bits per heavy atom. The highest BCUT2D eigenvalue weighted by atomic mass is 16.5. The summed E-state index contributed by atoms with van der Waals surface area (Å²) >= 11 is 0. The quantitative estimate of drug-likeness (QED) is 0.609. The molecule has 2 unspecified atom stereocenters. The number of fused-ring (bicyclic) bond motifs is 19. The Bertz CT molecular complexity index is 796. The van der Waals surface area contributed by atoms with Gasteiger partial charge in [-0.15, -0.1) is 0 Å². The Morgan fingerprint density at radius 2 is 1.19 bits per heavy atom. The molecular formula is C23H24O3. The number of benzene rings is 1. The van der Waals surface area contributed by atoms with Crippen LogP contribution in [0.2, 0.25) is 0 Å². The van der Waals surface area contributed by atoms with Gasteiger partial charge >= 0.3 is 0 Å². The lowest BCUT2D eigenvalue weighted by molar-refractivity contribution is -0.122. The molecular weight excluding hydrogens is 324 g/mol. The van der Waals surface area contributed by atoms with Crippen molar-refractivity contribution < 1.29 is 14.3 Å². The van der Waals surface area contributed by atoms with Gasteiger partial charge in [-0.25, -0.2) is 0 Å². The Labute approximate surface area is 153 Å². The zero-order valence-electron chi connectivity index (χ0n) is 15.1. The molecule has 0 aliphatic heterocycles. The fraction of sp³-hybridized carbons (Fsp3) is 0.609. The zero-order chi connectivity index (χ0) is 17.3. The highest BCUT2D eigenvalue weighted by molar-refractivity contribution is 5.92. The lowest BCUT2D eigenvalue weighted by Crippen LogP contribution is -2.39. The van der Waals surface area contributed by atoms with E-state index in [9.17, 15) is 4.79 Å². The van der Waals surface area contributed by atoms with Gasteiger partial charge < -0.3 is 9.47 Å². The molecule has 1 aromatic rings. The first-order valence-electron chi connectivity index (χ1n) is 10.1. The van der Waals surface area contributed by atoms with Crippen LogP contribution in [0.25, 0.3) is 0 Å². The van der Waals surface area contributed by atoms with Gasteiger partial charge in [-0.05, 0) is 46.6 Å². The molecule has 0 N–H and O–H groups in total. The normalized spacial score (nSPS) is 56.3. The summed E-state index contributed by atoms with van der Waals surface area (Å²) in [5.74, 6) is 5.09. The summed E-state index contributed by atoms with van der Waals surface area (Å²) < 4.78 is 12.2. The van der Waals surface area contributed by atoms with E-state index in [1.807, 2.05) is 14.2 Å². The summed E-state index contributed by atoms with van der Waals surface area (Å²) in [6, 6.07) is 8.99.